The molecule has 0 spiro atoms. The average Bonchev–Trinajstić information content (AvgIpc) is 3.19. The molecule has 1 aromatic heterocycles. The topological polar surface area (TPSA) is 15.3 Å². The van der Waals surface area contributed by atoms with Crippen LogP contribution in [0.2, 0.25) is 0 Å². The van der Waals surface area contributed by atoms with Gasteiger partial charge < -0.3 is 5.32 Å². The van der Waals surface area contributed by atoms with Crippen LogP contribution in [0.3, 0.4) is 0 Å². The van der Waals surface area contributed by atoms with Gasteiger partial charge in [-0.05, 0) is 72.9 Å². The van der Waals surface area contributed by atoms with E-state index in [0.717, 1.165) is 37.0 Å². The summed E-state index contributed by atoms with van der Waals surface area (Å²) in [4.78, 5) is 2.77. The highest BCUT2D eigenvalue weighted by Gasteiger charge is 2.34. The smallest absolute Gasteiger partial charge is 0.0245 e. The average molecular weight is 307 g/mol. The molecular formula is C18H30N2S. The Hall–Kier alpha value is -0.380. The Morgan fingerprint density at radius 1 is 1.29 bits per heavy atom. The molecule has 0 bridgehead atoms. The predicted octanol–water partition coefficient (Wildman–Crippen LogP) is 4.13. The van der Waals surface area contributed by atoms with Crippen molar-refractivity contribution >= 4 is 11.3 Å². The summed E-state index contributed by atoms with van der Waals surface area (Å²) in [6, 6.07) is 3.91. The van der Waals surface area contributed by atoms with E-state index >= 15 is 0 Å². The molecule has 0 amide bonds. The van der Waals surface area contributed by atoms with Crippen molar-refractivity contribution in [2.24, 2.45) is 11.8 Å². The van der Waals surface area contributed by atoms with E-state index in [1.807, 2.05) is 11.3 Å². The number of nitrogens with zero attached hydrogens (tertiary/aromatic N) is 1. The minimum Gasteiger partial charge on any atom is -0.314 e. The molecular weight excluding hydrogens is 276 g/mol. The van der Waals surface area contributed by atoms with Gasteiger partial charge in [-0.3, -0.25) is 4.90 Å². The Labute approximate surface area is 133 Å². The molecule has 0 radical (unpaired) electrons. The van der Waals surface area contributed by atoms with Crippen LogP contribution in [0.25, 0.3) is 0 Å². The van der Waals surface area contributed by atoms with Gasteiger partial charge in [-0.1, -0.05) is 13.8 Å². The minimum atomic E-state index is 0.745. The molecule has 21 heavy (non-hydrogen) atoms. The molecule has 3 rings (SSSR count). The molecule has 0 aromatic carbocycles. The lowest BCUT2D eigenvalue weighted by Gasteiger charge is -2.38. The van der Waals surface area contributed by atoms with E-state index in [9.17, 15) is 0 Å². The molecule has 0 aliphatic heterocycles. The van der Waals surface area contributed by atoms with Crippen LogP contribution in [0.15, 0.2) is 16.8 Å². The van der Waals surface area contributed by atoms with Crippen LogP contribution in [0.4, 0.5) is 0 Å². The van der Waals surface area contributed by atoms with Gasteiger partial charge in [0.15, 0.2) is 0 Å². The lowest BCUT2D eigenvalue weighted by atomic mass is 9.78. The van der Waals surface area contributed by atoms with E-state index < -0.39 is 0 Å². The van der Waals surface area contributed by atoms with E-state index in [1.54, 1.807) is 0 Å². The van der Waals surface area contributed by atoms with Crippen molar-refractivity contribution in [1.29, 1.82) is 0 Å². The fourth-order valence-corrected chi connectivity index (χ4v) is 4.59. The second-order valence-electron chi connectivity index (χ2n) is 7.13. The maximum atomic E-state index is 3.75. The fourth-order valence-electron chi connectivity index (χ4n) is 3.93. The number of hydrogen-bond donors (Lipinski definition) is 1. The molecule has 1 N–H and O–H groups in total. The molecule has 3 heteroatoms. The van der Waals surface area contributed by atoms with Crippen LogP contribution < -0.4 is 5.32 Å². The molecule has 2 aliphatic carbocycles. The van der Waals surface area contributed by atoms with E-state index in [-0.39, 0.29) is 0 Å². The van der Waals surface area contributed by atoms with Crippen molar-refractivity contribution in [1.82, 2.24) is 10.2 Å². The second kappa shape index (κ2) is 7.26. The summed E-state index contributed by atoms with van der Waals surface area (Å²) in [6.45, 7) is 8.26. The summed E-state index contributed by atoms with van der Waals surface area (Å²) in [6.07, 6.45) is 7.01. The van der Waals surface area contributed by atoms with Crippen molar-refractivity contribution in [2.75, 3.05) is 13.1 Å². The van der Waals surface area contributed by atoms with Crippen molar-refractivity contribution in [3.63, 3.8) is 0 Å². The lowest BCUT2D eigenvalue weighted by Crippen LogP contribution is -2.45. The Kier molecular flexibility index (Phi) is 5.36. The van der Waals surface area contributed by atoms with Crippen LogP contribution in [0, 0.1) is 11.8 Å². The Balaban J connectivity index is 1.62. The van der Waals surface area contributed by atoms with Crippen molar-refractivity contribution < 1.29 is 0 Å². The van der Waals surface area contributed by atoms with Gasteiger partial charge in [0, 0.05) is 25.2 Å². The highest BCUT2D eigenvalue weighted by atomic mass is 32.1. The molecule has 1 heterocycles. The highest BCUT2D eigenvalue weighted by molar-refractivity contribution is 7.07. The van der Waals surface area contributed by atoms with Gasteiger partial charge >= 0.3 is 0 Å². The first-order chi connectivity index (χ1) is 10.3. The van der Waals surface area contributed by atoms with Crippen molar-refractivity contribution in [2.45, 2.75) is 64.6 Å². The predicted molar refractivity (Wildman–Crippen MR) is 91.7 cm³/mol. The molecule has 2 nitrogen and oxygen atoms in total. The quantitative estimate of drug-likeness (QED) is 0.815. The third-order valence-electron chi connectivity index (χ3n) is 5.21. The minimum absolute atomic E-state index is 0.745. The van der Waals surface area contributed by atoms with Crippen LogP contribution in [-0.4, -0.2) is 30.1 Å². The summed E-state index contributed by atoms with van der Waals surface area (Å²) in [5.74, 6) is 1.75. The van der Waals surface area contributed by atoms with Gasteiger partial charge in [-0.15, -0.1) is 0 Å². The Morgan fingerprint density at radius 3 is 2.81 bits per heavy atom. The van der Waals surface area contributed by atoms with Gasteiger partial charge in [-0.2, -0.15) is 11.3 Å². The molecule has 2 aliphatic rings. The van der Waals surface area contributed by atoms with Gasteiger partial charge in [0.25, 0.3) is 0 Å². The zero-order chi connectivity index (χ0) is 14.7. The van der Waals surface area contributed by atoms with Crippen molar-refractivity contribution in [3.8, 4) is 0 Å². The van der Waals surface area contributed by atoms with Crippen LogP contribution in [-0.2, 0) is 6.54 Å². The van der Waals surface area contributed by atoms with Crippen LogP contribution >= 0.6 is 11.3 Å². The van der Waals surface area contributed by atoms with Gasteiger partial charge in [0.05, 0.1) is 0 Å². The molecule has 0 saturated heterocycles. The number of hydrogen-bond acceptors (Lipinski definition) is 3. The van der Waals surface area contributed by atoms with Gasteiger partial charge in [0.1, 0.15) is 0 Å². The zero-order valence-corrected chi connectivity index (χ0v) is 14.4. The van der Waals surface area contributed by atoms with E-state index in [1.165, 1.54) is 44.2 Å². The van der Waals surface area contributed by atoms with E-state index in [0.29, 0.717) is 0 Å². The second-order valence-corrected chi connectivity index (χ2v) is 7.91. The number of thiophene rings is 1. The number of nitrogens with one attached hydrogen (secondary N) is 1. The summed E-state index contributed by atoms with van der Waals surface area (Å²) >= 11 is 1.83. The molecule has 118 valence electrons. The fraction of sp³-hybridized carbons (Fsp3) is 0.778. The summed E-state index contributed by atoms with van der Waals surface area (Å²) < 4.78 is 0. The van der Waals surface area contributed by atoms with Crippen LogP contribution in [0.5, 0.6) is 0 Å². The molecule has 2 saturated carbocycles. The first-order valence-corrected chi connectivity index (χ1v) is 9.69. The first-order valence-electron chi connectivity index (χ1n) is 8.74. The summed E-state index contributed by atoms with van der Waals surface area (Å²) in [5, 5.41) is 8.29. The molecule has 2 fully saturated rings. The third kappa shape index (κ3) is 4.30. The number of rotatable bonds is 7. The lowest BCUT2D eigenvalue weighted by molar-refractivity contribution is 0.136. The molecule has 3 atom stereocenters. The Morgan fingerprint density at radius 2 is 2.14 bits per heavy atom. The summed E-state index contributed by atoms with van der Waals surface area (Å²) in [5.41, 5.74) is 1.51. The zero-order valence-electron chi connectivity index (χ0n) is 13.6. The van der Waals surface area contributed by atoms with Crippen molar-refractivity contribution in [3.05, 3.63) is 22.4 Å². The largest absolute Gasteiger partial charge is 0.314 e. The van der Waals surface area contributed by atoms with E-state index in [2.05, 4.69) is 40.9 Å². The van der Waals surface area contributed by atoms with Gasteiger partial charge in [0.2, 0.25) is 0 Å². The highest BCUT2D eigenvalue weighted by Crippen LogP contribution is 2.34. The standard InChI is InChI=1S/C18H30N2S/c1-3-19-18-7-4-14(2)10-16(18)12-20(17-5-6-17)11-15-8-9-21-13-15/h8-9,13-14,16-19H,3-7,10-12H2,1-2H3. The summed E-state index contributed by atoms with van der Waals surface area (Å²) in [7, 11) is 0. The van der Waals surface area contributed by atoms with Gasteiger partial charge in [-0.25, -0.2) is 0 Å². The molecule has 3 unspecified atom stereocenters. The SMILES string of the molecule is CCNC1CCC(C)CC1CN(Cc1ccsc1)C1CC1. The van der Waals surface area contributed by atoms with Crippen LogP contribution in [0.1, 0.15) is 51.5 Å². The van der Waals surface area contributed by atoms with E-state index in [4.69, 9.17) is 0 Å². The Bertz CT molecular complexity index is 413. The maximum absolute atomic E-state index is 3.75. The monoisotopic (exact) mass is 306 g/mol. The normalized spacial score (nSPS) is 30.0. The molecule has 1 aromatic rings. The maximum Gasteiger partial charge on any atom is 0.0245 e. The first kappa shape index (κ1) is 15.5. The third-order valence-corrected chi connectivity index (χ3v) is 5.94.